The van der Waals surface area contributed by atoms with Crippen LogP contribution in [0, 0.1) is 24.7 Å². The van der Waals surface area contributed by atoms with Gasteiger partial charge < -0.3 is 15.3 Å². The summed E-state index contributed by atoms with van der Waals surface area (Å²) in [6.45, 7) is 5.99. The largest absolute Gasteiger partial charge is 0.384 e. The lowest BCUT2D eigenvalue weighted by molar-refractivity contribution is 0.0888. The van der Waals surface area contributed by atoms with Crippen LogP contribution in [0.25, 0.3) is 0 Å². The zero-order valence-corrected chi connectivity index (χ0v) is 13.6. The van der Waals surface area contributed by atoms with Gasteiger partial charge in [0.25, 0.3) is 5.91 Å². The first-order chi connectivity index (χ1) is 10.0. The van der Waals surface area contributed by atoms with Crippen LogP contribution in [0.3, 0.4) is 0 Å². The number of aliphatic hydroxyl groups is 1. The zero-order chi connectivity index (χ0) is 15.4. The summed E-state index contributed by atoms with van der Waals surface area (Å²) in [5, 5.41) is 11.9. The molecule has 5 heteroatoms. The van der Waals surface area contributed by atoms with E-state index >= 15 is 0 Å². The highest BCUT2D eigenvalue weighted by Crippen LogP contribution is 2.22. The molecule has 4 nitrogen and oxygen atoms in total. The number of rotatable bonds is 2. The third kappa shape index (κ3) is 4.07. The summed E-state index contributed by atoms with van der Waals surface area (Å²) in [5.74, 6) is 5.97. The molecule has 0 spiro atoms. The minimum atomic E-state index is -0.161. The standard InChI is InChI=1S/C16H22N2O2S/c1-11-9-15(21-14(11)5-4-8-19)16(20)17-13-6-7-18(3)10-12(13)2/h9,12-13,19H,6-8,10H2,1-3H3,(H,17,20). The SMILES string of the molecule is Cc1cc(C(=O)NC2CCN(C)CC2C)sc1C#CCO. The number of hydrogen-bond donors (Lipinski definition) is 2. The van der Waals surface area contributed by atoms with Crippen LogP contribution in [0.1, 0.15) is 33.5 Å². The number of piperidine rings is 1. The molecule has 1 aliphatic heterocycles. The summed E-state index contributed by atoms with van der Waals surface area (Å²) in [5.41, 5.74) is 0.988. The number of hydrogen-bond acceptors (Lipinski definition) is 4. The van der Waals surface area contributed by atoms with Crippen LogP contribution in [-0.2, 0) is 0 Å². The minimum Gasteiger partial charge on any atom is -0.384 e. The van der Waals surface area contributed by atoms with Crippen molar-refractivity contribution in [2.45, 2.75) is 26.3 Å². The van der Waals surface area contributed by atoms with Gasteiger partial charge in [-0.1, -0.05) is 18.8 Å². The van der Waals surface area contributed by atoms with E-state index in [-0.39, 0.29) is 18.6 Å². The first kappa shape index (κ1) is 16.0. The first-order valence-corrected chi connectivity index (χ1v) is 8.02. The number of carbonyl (C=O) groups excluding carboxylic acids is 1. The fraction of sp³-hybridized carbons (Fsp3) is 0.562. The van der Waals surface area contributed by atoms with Gasteiger partial charge in [-0.3, -0.25) is 4.79 Å². The van der Waals surface area contributed by atoms with Gasteiger partial charge in [-0.2, -0.15) is 0 Å². The van der Waals surface area contributed by atoms with Crippen molar-refractivity contribution in [3.8, 4) is 11.8 Å². The van der Waals surface area contributed by atoms with Gasteiger partial charge in [0.1, 0.15) is 6.61 Å². The second-order valence-corrected chi connectivity index (χ2v) is 6.74. The van der Waals surface area contributed by atoms with Crippen molar-refractivity contribution in [1.29, 1.82) is 0 Å². The molecule has 2 atom stereocenters. The van der Waals surface area contributed by atoms with Crippen LogP contribution in [0.5, 0.6) is 0 Å². The molecule has 2 unspecified atom stereocenters. The Morgan fingerprint density at radius 3 is 3.05 bits per heavy atom. The Hall–Kier alpha value is -1.35. The highest BCUT2D eigenvalue weighted by molar-refractivity contribution is 7.14. The number of amides is 1. The molecule has 0 aliphatic carbocycles. The van der Waals surface area contributed by atoms with Gasteiger partial charge in [0.05, 0.1) is 9.75 Å². The monoisotopic (exact) mass is 306 g/mol. The molecule has 21 heavy (non-hydrogen) atoms. The summed E-state index contributed by atoms with van der Waals surface area (Å²) in [7, 11) is 2.11. The summed E-state index contributed by atoms with van der Waals surface area (Å²) in [6, 6.07) is 2.11. The van der Waals surface area contributed by atoms with Crippen molar-refractivity contribution in [3.63, 3.8) is 0 Å². The maximum absolute atomic E-state index is 12.4. The van der Waals surface area contributed by atoms with E-state index in [1.807, 2.05) is 13.0 Å². The van der Waals surface area contributed by atoms with Crippen LogP contribution in [0.4, 0.5) is 0 Å². The molecule has 0 saturated carbocycles. The van der Waals surface area contributed by atoms with Crippen LogP contribution in [0.2, 0.25) is 0 Å². The van der Waals surface area contributed by atoms with Crippen molar-refractivity contribution in [2.75, 3.05) is 26.7 Å². The normalized spacial score (nSPS) is 22.5. The van der Waals surface area contributed by atoms with Gasteiger partial charge in [-0.15, -0.1) is 11.3 Å². The van der Waals surface area contributed by atoms with E-state index in [1.165, 1.54) is 11.3 Å². The molecule has 1 saturated heterocycles. The molecule has 1 aliphatic rings. The minimum absolute atomic E-state index is 0.0125. The average molecular weight is 306 g/mol. The summed E-state index contributed by atoms with van der Waals surface area (Å²) < 4.78 is 0. The van der Waals surface area contributed by atoms with Gasteiger partial charge in [0.2, 0.25) is 0 Å². The zero-order valence-electron chi connectivity index (χ0n) is 12.8. The first-order valence-electron chi connectivity index (χ1n) is 7.21. The number of likely N-dealkylation sites (tertiary alicyclic amines) is 1. The van der Waals surface area contributed by atoms with Crippen LogP contribution in [-0.4, -0.2) is 48.7 Å². The van der Waals surface area contributed by atoms with Gasteiger partial charge in [0.15, 0.2) is 0 Å². The molecular formula is C16H22N2O2S. The summed E-state index contributed by atoms with van der Waals surface area (Å²) in [6.07, 6.45) is 0.991. The molecule has 1 fully saturated rings. The number of thiophene rings is 1. The maximum atomic E-state index is 12.4. The van der Waals surface area contributed by atoms with E-state index in [1.54, 1.807) is 0 Å². The fourth-order valence-corrected chi connectivity index (χ4v) is 3.60. The molecule has 1 aromatic rings. The predicted octanol–water partition coefficient (Wildman–Crippen LogP) is 1.47. The fourth-order valence-electron chi connectivity index (χ4n) is 2.65. The summed E-state index contributed by atoms with van der Waals surface area (Å²) >= 11 is 1.39. The second-order valence-electron chi connectivity index (χ2n) is 5.69. The van der Waals surface area contributed by atoms with Gasteiger partial charge in [-0.05, 0) is 44.5 Å². The molecule has 0 radical (unpaired) electrons. The van der Waals surface area contributed by atoms with Crippen molar-refractivity contribution >= 4 is 17.2 Å². The number of nitrogens with one attached hydrogen (secondary N) is 1. The third-order valence-electron chi connectivity index (χ3n) is 3.85. The number of aryl methyl sites for hydroxylation is 1. The van der Waals surface area contributed by atoms with Crippen LogP contribution in [0.15, 0.2) is 6.07 Å². The Bertz CT molecular complexity index is 571. The van der Waals surface area contributed by atoms with Crippen LogP contribution >= 0.6 is 11.3 Å². The molecule has 2 heterocycles. The molecule has 0 aromatic carbocycles. The Labute approximate surface area is 130 Å². The molecule has 2 N–H and O–H groups in total. The third-order valence-corrected chi connectivity index (χ3v) is 5.00. The van der Waals surface area contributed by atoms with Gasteiger partial charge in [-0.25, -0.2) is 0 Å². The van der Waals surface area contributed by atoms with Gasteiger partial charge >= 0.3 is 0 Å². The molecule has 2 rings (SSSR count). The van der Waals surface area contributed by atoms with E-state index in [0.717, 1.165) is 30.0 Å². The Morgan fingerprint density at radius 1 is 1.62 bits per heavy atom. The molecule has 114 valence electrons. The van der Waals surface area contributed by atoms with Crippen molar-refractivity contribution < 1.29 is 9.90 Å². The lowest BCUT2D eigenvalue weighted by Gasteiger charge is -2.35. The number of aliphatic hydroxyl groups excluding tert-OH is 1. The smallest absolute Gasteiger partial charge is 0.261 e. The highest BCUT2D eigenvalue weighted by Gasteiger charge is 2.26. The quantitative estimate of drug-likeness (QED) is 0.814. The van der Waals surface area contributed by atoms with Crippen LogP contribution < -0.4 is 5.32 Å². The lowest BCUT2D eigenvalue weighted by atomic mass is 9.94. The maximum Gasteiger partial charge on any atom is 0.261 e. The predicted molar refractivity (Wildman–Crippen MR) is 85.6 cm³/mol. The highest BCUT2D eigenvalue weighted by atomic mass is 32.1. The number of nitrogens with zero attached hydrogens (tertiary/aromatic N) is 1. The Kier molecular flexibility index (Phi) is 5.40. The van der Waals surface area contributed by atoms with E-state index in [2.05, 4.69) is 36.0 Å². The molecule has 1 aromatic heterocycles. The van der Waals surface area contributed by atoms with Crippen molar-refractivity contribution in [2.24, 2.45) is 5.92 Å². The lowest BCUT2D eigenvalue weighted by Crippen LogP contribution is -2.48. The molecular weight excluding hydrogens is 284 g/mol. The Balaban J connectivity index is 2.03. The van der Waals surface area contributed by atoms with Crippen molar-refractivity contribution in [1.82, 2.24) is 10.2 Å². The Morgan fingerprint density at radius 2 is 2.38 bits per heavy atom. The number of carbonyl (C=O) groups is 1. The van der Waals surface area contributed by atoms with E-state index in [9.17, 15) is 4.79 Å². The van der Waals surface area contributed by atoms with E-state index in [0.29, 0.717) is 10.8 Å². The second kappa shape index (κ2) is 7.08. The average Bonchev–Trinajstić information content (AvgIpc) is 2.81. The van der Waals surface area contributed by atoms with Gasteiger partial charge in [0, 0.05) is 12.6 Å². The van der Waals surface area contributed by atoms with Crippen molar-refractivity contribution in [3.05, 3.63) is 21.4 Å². The van der Waals surface area contributed by atoms with E-state index in [4.69, 9.17) is 5.11 Å². The summed E-state index contributed by atoms with van der Waals surface area (Å²) in [4.78, 5) is 16.2. The topological polar surface area (TPSA) is 52.6 Å². The van der Waals surface area contributed by atoms with E-state index < -0.39 is 0 Å². The molecule has 1 amide bonds. The molecule has 0 bridgehead atoms.